The van der Waals surface area contributed by atoms with E-state index in [1.165, 1.54) is 12.1 Å². The molecule has 1 saturated carbocycles. The molecule has 4 rings (SSSR count). The molecule has 32 heavy (non-hydrogen) atoms. The van der Waals surface area contributed by atoms with Gasteiger partial charge in [0.1, 0.15) is 17.6 Å². The third-order valence-corrected chi connectivity index (χ3v) is 6.76. The molecule has 0 atom stereocenters. The van der Waals surface area contributed by atoms with Crippen LogP contribution in [0.1, 0.15) is 31.2 Å². The van der Waals surface area contributed by atoms with Gasteiger partial charge in [-0.25, -0.2) is 4.39 Å². The van der Waals surface area contributed by atoms with Crippen LogP contribution in [0.5, 0.6) is 0 Å². The lowest BCUT2D eigenvalue weighted by Gasteiger charge is -2.36. The highest BCUT2D eigenvalue weighted by atomic mass is 35.5. The van der Waals surface area contributed by atoms with Crippen molar-refractivity contribution in [2.24, 2.45) is 5.92 Å². The van der Waals surface area contributed by atoms with Gasteiger partial charge in [0.2, 0.25) is 0 Å². The molecule has 0 unspecified atom stereocenters. The Kier molecular flexibility index (Phi) is 5.85. The van der Waals surface area contributed by atoms with Crippen molar-refractivity contribution in [3.63, 3.8) is 0 Å². The lowest BCUT2D eigenvalue weighted by Crippen LogP contribution is -2.48. The number of amides is 1. The predicted octanol–water partition coefficient (Wildman–Crippen LogP) is 4.09. The van der Waals surface area contributed by atoms with Crippen molar-refractivity contribution in [2.45, 2.75) is 31.2 Å². The van der Waals surface area contributed by atoms with Gasteiger partial charge in [-0.1, -0.05) is 29.8 Å². The van der Waals surface area contributed by atoms with E-state index in [9.17, 15) is 22.4 Å². The fourth-order valence-electron chi connectivity index (χ4n) is 4.36. The van der Waals surface area contributed by atoms with E-state index in [4.69, 9.17) is 15.8 Å². The van der Waals surface area contributed by atoms with Gasteiger partial charge in [0.05, 0.1) is 11.8 Å². The van der Waals surface area contributed by atoms with E-state index in [1.54, 1.807) is 30.3 Å². The first-order chi connectivity index (χ1) is 15.1. The van der Waals surface area contributed by atoms with Crippen LogP contribution in [0, 0.1) is 11.7 Å². The molecule has 2 aromatic carbocycles. The zero-order chi connectivity index (χ0) is 23.1. The van der Waals surface area contributed by atoms with E-state index < -0.39 is 21.6 Å². The molecule has 2 aromatic rings. The molecule has 1 spiro atoms. The number of carbonyl (C=O) groups is 2. The molecule has 9 heteroatoms. The van der Waals surface area contributed by atoms with Gasteiger partial charge in [0.15, 0.2) is 5.76 Å². The van der Waals surface area contributed by atoms with Crippen LogP contribution in [0.25, 0.3) is 16.7 Å². The number of benzene rings is 2. The Hall–Kier alpha value is -2.71. The standard InChI is InChI=1S/C23H21ClFNO5S/c1-32(29,30)31-21-20(22(28)26-23(21)10-8-14(13-27)9-11-23)18-12-16(4-7-19(18)24)15-2-5-17(25)6-3-15/h2-7,12-14H,8-11H2,1H3,(H,26,28). The van der Waals surface area contributed by atoms with E-state index in [-0.39, 0.29) is 28.1 Å². The highest BCUT2D eigenvalue weighted by Gasteiger charge is 2.50. The second kappa shape index (κ2) is 8.33. The molecule has 0 radical (unpaired) electrons. The Morgan fingerprint density at radius 1 is 1.12 bits per heavy atom. The second-order valence-electron chi connectivity index (χ2n) is 8.20. The van der Waals surface area contributed by atoms with Gasteiger partial charge in [-0.15, -0.1) is 0 Å². The number of hydrogen-bond donors (Lipinski definition) is 1. The van der Waals surface area contributed by atoms with Crippen molar-refractivity contribution in [1.29, 1.82) is 0 Å². The summed E-state index contributed by atoms with van der Waals surface area (Å²) in [6, 6.07) is 10.8. The average molecular weight is 478 g/mol. The molecule has 1 fully saturated rings. The first-order valence-electron chi connectivity index (χ1n) is 10.1. The monoisotopic (exact) mass is 477 g/mol. The summed E-state index contributed by atoms with van der Waals surface area (Å²) in [5, 5.41) is 3.15. The Balaban J connectivity index is 1.86. The number of aldehydes is 1. The molecule has 0 aromatic heterocycles. The van der Waals surface area contributed by atoms with Crippen molar-refractivity contribution in [3.8, 4) is 11.1 Å². The van der Waals surface area contributed by atoms with Crippen molar-refractivity contribution in [1.82, 2.24) is 5.32 Å². The summed E-state index contributed by atoms with van der Waals surface area (Å²) in [5.74, 6) is -1.01. The summed E-state index contributed by atoms with van der Waals surface area (Å²) in [5.41, 5.74) is 0.724. The summed E-state index contributed by atoms with van der Waals surface area (Å²) in [6.45, 7) is 0. The van der Waals surface area contributed by atoms with Crippen molar-refractivity contribution in [3.05, 3.63) is 64.6 Å². The van der Waals surface area contributed by atoms with E-state index in [1.807, 2.05) is 0 Å². The third-order valence-electron chi connectivity index (χ3n) is 5.97. The molecule has 1 amide bonds. The Morgan fingerprint density at radius 2 is 1.75 bits per heavy atom. The largest absolute Gasteiger partial charge is 0.384 e. The predicted molar refractivity (Wildman–Crippen MR) is 119 cm³/mol. The van der Waals surface area contributed by atoms with Gasteiger partial charge in [0, 0.05) is 16.5 Å². The molecule has 0 bridgehead atoms. The van der Waals surface area contributed by atoms with Crippen LogP contribution in [0.2, 0.25) is 5.02 Å². The van der Waals surface area contributed by atoms with Crippen molar-refractivity contribution >= 4 is 39.5 Å². The van der Waals surface area contributed by atoms with Crippen LogP contribution >= 0.6 is 11.6 Å². The summed E-state index contributed by atoms with van der Waals surface area (Å²) in [7, 11) is -3.95. The SMILES string of the molecule is CS(=O)(=O)OC1=C(c2cc(-c3ccc(F)cc3)ccc2Cl)C(=O)NC12CCC(C=O)CC2. The van der Waals surface area contributed by atoms with Crippen LogP contribution < -0.4 is 5.32 Å². The number of carbonyl (C=O) groups excluding carboxylic acids is 2. The molecule has 168 valence electrons. The molecule has 0 saturated heterocycles. The van der Waals surface area contributed by atoms with Crippen LogP contribution in [0.15, 0.2) is 48.2 Å². The van der Waals surface area contributed by atoms with E-state index in [0.717, 1.165) is 12.5 Å². The highest BCUT2D eigenvalue weighted by Crippen LogP contribution is 2.46. The number of hydrogen-bond acceptors (Lipinski definition) is 5. The molecule has 1 heterocycles. The maximum atomic E-state index is 13.3. The summed E-state index contributed by atoms with van der Waals surface area (Å²) < 4.78 is 42.9. The number of halogens is 2. The first kappa shape index (κ1) is 22.5. The first-order valence-corrected chi connectivity index (χ1v) is 12.3. The van der Waals surface area contributed by atoms with Crippen LogP contribution in [0.4, 0.5) is 4.39 Å². The minimum absolute atomic E-state index is 0.00695. The molecular weight excluding hydrogens is 457 g/mol. The van der Waals surface area contributed by atoms with Gasteiger partial charge in [-0.2, -0.15) is 8.42 Å². The maximum Gasteiger partial charge on any atom is 0.306 e. The minimum atomic E-state index is -3.95. The van der Waals surface area contributed by atoms with Gasteiger partial charge in [-0.05, 0) is 61.1 Å². The van der Waals surface area contributed by atoms with Crippen molar-refractivity contribution in [2.75, 3.05) is 6.26 Å². The van der Waals surface area contributed by atoms with Gasteiger partial charge in [0.25, 0.3) is 5.91 Å². The smallest absolute Gasteiger partial charge is 0.306 e. The molecular formula is C23H21ClFNO5S. The van der Waals surface area contributed by atoms with E-state index in [0.29, 0.717) is 42.4 Å². The summed E-state index contributed by atoms with van der Waals surface area (Å²) >= 11 is 6.44. The van der Waals surface area contributed by atoms with E-state index in [2.05, 4.69) is 5.32 Å². The fraction of sp³-hybridized carbons (Fsp3) is 0.304. The topological polar surface area (TPSA) is 89.5 Å². The lowest BCUT2D eigenvalue weighted by atomic mass is 9.76. The van der Waals surface area contributed by atoms with Gasteiger partial charge < -0.3 is 14.3 Å². The lowest BCUT2D eigenvalue weighted by molar-refractivity contribution is -0.116. The number of nitrogens with one attached hydrogen (secondary N) is 1. The molecule has 1 aliphatic heterocycles. The van der Waals surface area contributed by atoms with Gasteiger partial charge in [-0.3, -0.25) is 4.79 Å². The quantitative estimate of drug-likeness (QED) is 0.517. The number of rotatable bonds is 5. The Bertz CT molecular complexity index is 1220. The zero-order valence-electron chi connectivity index (χ0n) is 17.2. The van der Waals surface area contributed by atoms with Crippen LogP contribution in [-0.4, -0.2) is 32.4 Å². The third kappa shape index (κ3) is 4.29. The molecule has 2 aliphatic rings. The Morgan fingerprint density at radius 3 is 2.34 bits per heavy atom. The fourth-order valence-corrected chi connectivity index (χ4v) is 5.11. The maximum absolute atomic E-state index is 13.3. The Labute approximate surface area is 190 Å². The molecule has 6 nitrogen and oxygen atoms in total. The van der Waals surface area contributed by atoms with Crippen molar-refractivity contribution < 1.29 is 26.6 Å². The second-order valence-corrected chi connectivity index (χ2v) is 10.2. The highest BCUT2D eigenvalue weighted by molar-refractivity contribution is 7.86. The van der Waals surface area contributed by atoms with E-state index >= 15 is 0 Å². The summed E-state index contributed by atoms with van der Waals surface area (Å²) in [6.07, 6.45) is 3.53. The zero-order valence-corrected chi connectivity index (χ0v) is 18.8. The average Bonchev–Trinajstić information content (AvgIpc) is 2.99. The molecule has 1 aliphatic carbocycles. The minimum Gasteiger partial charge on any atom is -0.384 e. The normalized spacial score (nSPS) is 23.3. The molecule has 1 N–H and O–H groups in total. The van der Waals surface area contributed by atoms with Gasteiger partial charge >= 0.3 is 10.1 Å². The van der Waals surface area contributed by atoms with Crippen LogP contribution in [-0.2, 0) is 23.9 Å². The summed E-state index contributed by atoms with van der Waals surface area (Å²) in [4.78, 5) is 24.3. The van der Waals surface area contributed by atoms with Crippen LogP contribution in [0.3, 0.4) is 0 Å².